The fourth-order valence-electron chi connectivity index (χ4n) is 1.64. The quantitative estimate of drug-likeness (QED) is 0.613. The number of carbonyl (C=O) groups is 2. The number of esters is 1. The van der Waals surface area contributed by atoms with Crippen molar-refractivity contribution in [1.82, 2.24) is 4.90 Å². The van der Waals surface area contributed by atoms with Gasteiger partial charge in [0.15, 0.2) is 0 Å². The number of benzene rings is 1. The van der Waals surface area contributed by atoms with E-state index < -0.39 is 11.9 Å². The minimum Gasteiger partial charge on any atom is -0.463 e. The Balaban J connectivity index is 3.04. The second-order valence-electron chi connectivity index (χ2n) is 3.97. The number of nitrogens with two attached hydrogens (primary N) is 1. The van der Waals surface area contributed by atoms with Crippen molar-refractivity contribution in [2.24, 2.45) is 5.73 Å². The number of hydrogen-bond donors (Lipinski definition) is 1. The first-order valence-corrected chi connectivity index (χ1v) is 5.98. The van der Waals surface area contributed by atoms with Crippen LogP contribution in [0.1, 0.15) is 12.5 Å². The summed E-state index contributed by atoms with van der Waals surface area (Å²) in [7, 11) is 1.70. The van der Waals surface area contributed by atoms with Gasteiger partial charge >= 0.3 is 5.97 Å². The van der Waals surface area contributed by atoms with Gasteiger partial charge in [0.1, 0.15) is 0 Å². The SMILES string of the molecule is CCOC(=O)/C=C(/c1ccccc1)N(C)CC(N)=O. The summed E-state index contributed by atoms with van der Waals surface area (Å²) in [4.78, 5) is 24.2. The molecule has 0 aromatic heterocycles. The second-order valence-corrected chi connectivity index (χ2v) is 3.97. The van der Waals surface area contributed by atoms with Gasteiger partial charge in [-0.2, -0.15) is 0 Å². The highest BCUT2D eigenvalue weighted by Gasteiger charge is 2.12. The number of likely N-dealkylation sites (N-methyl/N-ethyl adjacent to an activating group) is 1. The van der Waals surface area contributed by atoms with Crippen molar-refractivity contribution in [3.63, 3.8) is 0 Å². The highest BCUT2D eigenvalue weighted by Crippen LogP contribution is 2.17. The first-order valence-electron chi connectivity index (χ1n) is 5.98. The van der Waals surface area contributed by atoms with Gasteiger partial charge in [0, 0.05) is 13.1 Å². The van der Waals surface area contributed by atoms with E-state index in [1.165, 1.54) is 6.08 Å². The van der Waals surface area contributed by atoms with Crippen LogP contribution in [-0.4, -0.2) is 37.0 Å². The van der Waals surface area contributed by atoms with Crippen LogP contribution in [0.15, 0.2) is 36.4 Å². The molecule has 0 atom stereocenters. The van der Waals surface area contributed by atoms with E-state index in [0.717, 1.165) is 5.56 Å². The van der Waals surface area contributed by atoms with Crippen molar-refractivity contribution in [3.8, 4) is 0 Å². The van der Waals surface area contributed by atoms with Crippen LogP contribution < -0.4 is 5.73 Å². The van der Waals surface area contributed by atoms with Gasteiger partial charge in [0.25, 0.3) is 0 Å². The number of nitrogens with zero attached hydrogens (tertiary/aromatic N) is 1. The first kappa shape index (κ1) is 14.8. The van der Waals surface area contributed by atoms with Gasteiger partial charge in [-0.3, -0.25) is 4.79 Å². The number of ether oxygens (including phenoxy) is 1. The smallest absolute Gasteiger partial charge is 0.332 e. The number of amides is 1. The van der Waals surface area contributed by atoms with E-state index in [4.69, 9.17) is 10.5 Å². The van der Waals surface area contributed by atoms with Crippen molar-refractivity contribution in [1.29, 1.82) is 0 Å². The van der Waals surface area contributed by atoms with Crippen LogP contribution in [0.25, 0.3) is 5.70 Å². The molecule has 0 aliphatic carbocycles. The summed E-state index contributed by atoms with van der Waals surface area (Å²) in [6, 6.07) is 9.28. The topological polar surface area (TPSA) is 72.6 Å². The summed E-state index contributed by atoms with van der Waals surface area (Å²) in [6.07, 6.45) is 1.36. The summed E-state index contributed by atoms with van der Waals surface area (Å²) in [5.74, 6) is -0.911. The molecule has 0 aliphatic rings. The van der Waals surface area contributed by atoms with E-state index in [2.05, 4.69) is 0 Å². The van der Waals surface area contributed by atoms with Crippen molar-refractivity contribution in [2.75, 3.05) is 20.2 Å². The lowest BCUT2D eigenvalue weighted by Gasteiger charge is -2.21. The molecular formula is C14H18N2O3. The zero-order chi connectivity index (χ0) is 14.3. The third kappa shape index (κ3) is 4.83. The predicted octanol–water partition coefficient (Wildman–Crippen LogP) is 1.01. The fraction of sp³-hybridized carbons (Fsp3) is 0.286. The Morgan fingerprint density at radius 3 is 2.47 bits per heavy atom. The summed E-state index contributed by atoms with van der Waals surface area (Å²) >= 11 is 0. The molecule has 5 heteroatoms. The van der Waals surface area contributed by atoms with E-state index in [1.807, 2.05) is 30.3 Å². The zero-order valence-corrected chi connectivity index (χ0v) is 11.1. The molecular weight excluding hydrogens is 244 g/mol. The Hall–Kier alpha value is -2.30. The van der Waals surface area contributed by atoms with E-state index in [1.54, 1.807) is 18.9 Å². The molecule has 2 N–H and O–H groups in total. The molecule has 1 amide bonds. The molecule has 1 aromatic carbocycles. The van der Waals surface area contributed by atoms with Gasteiger partial charge in [-0.1, -0.05) is 30.3 Å². The largest absolute Gasteiger partial charge is 0.463 e. The second kappa shape index (κ2) is 7.20. The molecule has 1 rings (SSSR count). The fourth-order valence-corrected chi connectivity index (χ4v) is 1.64. The Labute approximate surface area is 112 Å². The standard InChI is InChI=1S/C14H18N2O3/c1-3-19-14(18)9-12(16(2)10-13(15)17)11-7-5-4-6-8-11/h4-9H,3,10H2,1-2H3,(H2,15,17)/b12-9-. The highest BCUT2D eigenvalue weighted by atomic mass is 16.5. The summed E-state index contributed by atoms with van der Waals surface area (Å²) < 4.78 is 4.89. The van der Waals surface area contributed by atoms with Gasteiger partial charge in [0.2, 0.25) is 5.91 Å². The van der Waals surface area contributed by atoms with Gasteiger partial charge in [-0.25, -0.2) is 4.79 Å². The molecule has 0 fully saturated rings. The normalized spacial score (nSPS) is 10.9. The predicted molar refractivity (Wildman–Crippen MR) is 72.9 cm³/mol. The van der Waals surface area contributed by atoms with Gasteiger partial charge in [-0.15, -0.1) is 0 Å². The Morgan fingerprint density at radius 2 is 1.95 bits per heavy atom. The lowest BCUT2D eigenvalue weighted by atomic mass is 10.1. The number of rotatable bonds is 6. The number of primary amides is 1. The zero-order valence-electron chi connectivity index (χ0n) is 11.1. The number of hydrogen-bond acceptors (Lipinski definition) is 4. The summed E-state index contributed by atoms with van der Waals surface area (Å²) in [6.45, 7) is 2.07. The molecule has 0 heterocycles. The Kier molecular flexibility index (Phi) is 5.60. The monoisotopic (exact) mass is 262 g/mol. The average molecular weight is 262 g/mol. The molecule has 0 saturated heterocycles. The van der Waals surface area contributed by atoms with Crippen molar-refractivity contribution >= 4 is 17.6 Å². The number of carbonyl (C=O) groups excluding carboxylic acids is 2. The minimum atomic E-state index is -0.465. The lowest BCUT2D eigenvalue weighted by molar-refractivity contribution is -0.137. The molecule has 0 unspecified atom stereocenters. The summed E-state index contributed by atoms with van der Waals surface area (Å²) in [5.41, 5.74) is 6.59. The summed E-state index contributed by atoms with van der Waals surface area (Å²) in [5, 5.41) is 0. The molecule has 5 nitrogen and oxygen atoms in total. The van der Waals surface area contributed by atoms with E-state index >= 15 is 0 Å². The minimum absolute atomic E-state index is 0.0279. The van der Waals surface area contributed by atoms with Crippen molar-refractivity contribution < 1.29 is 14.3 Å². The molecule has 19 heavy (non-hydrogen) atoms. The first-order chi connectivity index (χ1) is 9.04. The third-order valence-corrected chi connectivity index (χ3v) is 2.41. The molecule has 0 spiro atoms. The van der Waals surface area contributed by atoms with Crippen LogP contribution in [0.2, 0.25) is 0 Å². The van der Waals surface area contributed by atoms with E-state index in [-0.39, 0.29) is 6.54 Å². The van der Waals surface area contributed by atoms with Crippen LogP contribution in [-0.2, 0) is 14.3 Å². The molecule has 1 aromatic rings. The third-order valence-electron chi connectivity index (χ3n) is 2.41. The van der Waals surface area contributed by atoms with Gasteiger partial charge in [0.05, 0.1) is 18.8 Å². The van der Waals surface area contributed by atoms with Crippen molar-refractivity contribution in [3.05, 3.63) is 42.0 Å². The molecule has 0 aliphatic heterocycles. The van der Waals surface area contributed by atoms with E-state index in [0.29, 0.717) is 12.3 Å². The van der Waals surface area contributed by atoms with E-state index in [9.17, 15) is 9.59 Å². The maximum absolute atomic E-state index is 11.6. The lowest BCUT2D eigenvalue weighted by Crippen LogP contribution is -2.30. The Morgan fingerprint density at radius 1 is 1.32 bits per heavy atom. The maximum Gasteiger partial charge on any atom is 0.332 e. The van der Waals surface area contributed by atoms with Crippen LogP contribution in [0.4, 0.5) is 0 Å². The molecule has 0 radical (unpaired) electrons. The van der Waals surface area contributed by atoms with Gasteiger partial charge in [-0.05, 0) is 12.5 Å². The van der Waals surface area contributed by atoms with Gasteiger partial charge < -0.3 is 15.4 Å². The molecule has 0 saturated carbocycles. The maximum atomic E-state index is 11.6. The average Bonchev–Trinajstić information content (AvgIpc) is 2.36. The van der Waals surface area contributed by atoms with Crippen LogP contribution in [0, 0.1) is 0 Å². The molecule has 102 valence electrons. The molecule has 0 bridgehead atoms. The van der Waals surface area contributed by atoms with Crippen LogP contribution in [0.5, 0.6) is 0 Å². The highest BCUT2D eigenvalue weighted by molar-refractivity contribution is 5.91. The van der Waals surface area contributed by atoms with Crippen LogP contribution in [0.3, 0.4) is 0 Å². The van der Waals surface area contributed by atoms with Crippen LogP contribution >= 0.6 is 0 Å². The Bertz CT molecular complexity index is 469. The van der Waals surface area contributed by atoms with Crippen molar-refractivity contribution in [2.45, 2.75) is 6.92 Å².